The summed E-state index contributed by atoms with van der Waals surface area (Å²) in [4.78, 5) is 21.3. The van der Waals surface area contributed by atoms with E-state index in [1.54, 1.807) is 37.8 Å². The Hall–Kier alpha value is -3.81. The number of methoxy groups -OCH3 is 1. The third-order valence-electron chi connectivity index (χ3n) is 4.61. The molecule has 0 saturated heterocycles. The van der Waals surface area contributed by atoms with Gasteiger partial charge in [0.15, 0.2) is 0 Å². The van der Waals surface area contributed by atoms with Crippen molar-refractivity contribution >= 4 is 0 Å². The third kappa shape index (κ3) is 3.77. The predicted molar refractivity (Wildman–Crippen MR) is 107 cm³/mol. The molecule has 4 aromatic rings. The molecule has 0 unspecified atom stereocenters. The van der Waals surface area contributed by atoms with Gasteiger partial charge in [0, 0.05) is 34.6 Å². The van der Waals surface area contributed by atoms with Gasteiger partial charge in [-0.1, -0.05) is 5.16 Å². The minimum atomic E-state index is -0.242. The molecule has 4 aromatic heterocycles. The summed E-state index contributed by atoms with van der Waals surface area (Å²) >= 11 is 0. The van der Waals surface area contributed by atoms with Gasteiger partial charge in [0.05, 0.1) is 31.7 Å². The number of nitrogens with zero attached hydrogens (tertiary/aromatic N) is 5. The van der Waals surface area contributed by atoms with E-state index in [4.69, 9.17) is 9.26 Å². The molecule has 0 aliphatic heterocycles. The molecule has 0 fully saturated rings. The molecule has 4 heterocycles. The van der Waals surface area contributed by atoms with E-state index in [2.05, 4.69) is 20.2 Å². The molecule has 0 N–H and O–H groups in total. The van der Waals surface area contributed by atoms with E-state index in [0.717, 1.165) is 16.8 Å². The fourth-order valence-electron chi connectivity index (χ4n) is 2.93. The lowest BCUT2D eigenvalue weighted by Crippen LogP contribution is -2.23. The maximum Gasteiger partial charge on any atom is 0.267 e. The van der Waals surface area contributed by atoms with Crippen molar-refractivity contribution in [2.75, 3.05) is 7.11 Å². The normalized spacial score (nSPS) is 10.9. The highest BCUT2D eigenvalue weighted by Crippen LogP contribution is 2.25. The van der Waals surface area contributed by atoms with Crippen molar-refractivity contribution in [1.29, 1.82) is 0 Å². The van der Waals surface area contributed by atoms with E-state index in [9.17, 15) is 4.79 Å². The van der Waals surface area contributed by atoms with Crippen LogP contribution in [-0.4, -0.2) is 32.0 Å². The van der Waals surface area contributed by atoms with Gasteiger partial charge in [-0.25, -0.2) is 4.68 Å². The Labute approximate surface area is 166 Å². The summed E-state index contributed by atoms with van der Waals surface area (Å²) in [7, 11) is 1.58. The summed E-state index contributed by atoms with van der Waals surface area (Å²) < 4.78 is 11.8. The molecule has 0 radical (unpaired) electrons. The zero-order chi connectivity index (χ0) is 20.4. The number of pyridine rings is 2. The number of ether oxygens (including phenoxy) is 1. The monoisotopic (exact) mass is 389 g/mol. The first-order valence-electron chi connectivity index (χ1n) is 9.01. The molecular weight excluding hydrogens is 370 g/mol. The van der Waals surface area contributed by atoms with Crippen LogP contribution in [0.3, 0.4) is 0 Å². The van der Waals surface area contributed by atoms with Crippen LogP contribution in [0.1, 0.15) is 17.0 Å². The third-order valence-corrected chi connectivity index (χ3v) is 4.61. The lowest BCUT2D eigenvalue weighted by molar-refractivity contribution is 0.397. The van der Waals surface area contributed by atoms with E-state index >= 15 is 0 Å². The number of hydrogen-bond donors (Lipinski definition) is 0. The van der Waals surface area contributed by atoms with Crippen LogP contribution in [0.25, 0.3) is 22.5 Å². The van der Waals surface area contributed by atoms with E-state index < -0.39 is 0 Å². The van der Waals surface area contributed by atoms with Gasteiger partial charge in [0.2, 0.25) is 0 Å². The second-order valence-corrected chi connectivity index (χ2v) is 6.58. The smallest absolute Gasteiger partial charge is 0.267 e. The summed E-state index contributed by atoms with van der Waals surface area (Å²) in [5.74, 6) is 1.28. The molecule has 0 bridgehead atoms. The van der Waals surface area contributed by atoms with Crippen molar-refractivity contribution in [2.45, 2.75) is 20.4 Å². The summed E-state index contributed by atoms with van der Waals surface area (Å²) in [6.07, 6.45) is 4.96. The number of hydrogen-bond acceptors (Lipinski definition) is 7. The molecular formula is C21H19N5O3. The molecule has 0 atom stereocenters. The first-order chi connectivity index (χ1) is 14.0. The molecule has 8 nitrogen and oxygen atoms in total. The molecule has 0 saturated carbocycles. The maximum atomic E-state index is 12.7. The van der Waals surface area contributed by atoms with Gasteiger partial charge >= 0.3 is 0 Å². The highest BCUT2D eigenvalue weighted by Gasteiger charge is 2.17. The zero-order valence-corrected chi connectivity index (χ0v) is 16.3. The zero-order valence-electron chi connectivity index (χ0n) is 16.3. The van der Waals surface area contributed by atoms with Crippen LogP contribution in [0.15, 0.2) is 58.2 Å². The van der Waals surface area contributed by atoms with Crippen molar-refractivity contribution in [3.8, 4) is 28.3 Å². The van der Waals surface area contributed by atoms with Crippen LogP contribution in [0.2, 0.25) is 0 Å². The van der Waals surface area contributed by atoms with E-state index in [1.165, 1.54) is 10.7 Å². The first kappa shape index (κ1) is 18.5. The summed E-state index contributed by atoms with van der Waals surface area (Å²) in [6.45, 7) is 3.98. The minimum absolute atomic E-state index is 0.242. The molecule has 29 heavy (non-hydrogen) atoms. The van der Waals surface area contributed by atoms with Gasteiger partial charge in [-0.2, -0.15) is 5.10 Å². The highest BCUT2D eigenvalue weighted by atomic mass is 16.5. The largest absolute Gasteiger partial charge is 0.495 e. The molecule has 4 rings (SSSR count). The maximum absolute atomic E-state index is 12.7. The highest BCUT2D eigenvalue weighted by molar-refractivity contribution is 5.62. The molecule has 146 valence electrons. The van der Waals surface area contributed by atoms with Gasteiger partial charge in [-0.05, 0) is 38.1 Å². The summed E-state index contributed by atoms with van der Waals surface area (Å²) in [5, 5.41) is 8.45. The Morgan fingerprint density at radius 2 is 1.90 bits per heavy atom. The van der Waals surface area contributed by atoms with E-state index in [1.807, 2.05) is 26.0 Å². The van der Waals surface area contributed by atoms with Crippen molar-refractivity contribution in [1.82, 2.24) is 24.9 Å². The lowest BCUT2D eigenvalue weighted by Gasteiger charge is -2.07. The fourth-order valence-corrected chi connectivity index (χ4v) is 2.93. The van der Waals surface area contributed by atoms with Crippen molar-refractivity contribution in [2.24, 2.45) is 0 Å². The Balaban J connectivity index is 1.64. The average molecular weight is 389 g/mol. The van der Waals surface area contributed by atoms with Gasteiger partial charge in [0.1, 0.15) is 17.2 Å². The number of aromatic nitrogens is 5. The molecule has 0 aliphatic rings. The molecule has 8 heteroatoms. The summed E-state index contributed by atoms with van der Waals surface area (Å²) in [6, 6.07) is 8.92. The van der Waals surface area contributed by atoms with E-state index in [-0.39, 0.29) is 12.1 Å². The second-order valence-electron chi connectivity index (χ2n) is 6.58. The fraction of sp³-hybridized carbons (Fsp3) is 0.190. The Morgan fingerprint density at radius 1 is 1.03 bits per heavy atom. The molecule has 0 aliphatic carbocycles. The number of rotatable bonds is 5. The van der Waals surface area contributed by atoms with Gasteiger partial charge in [-0.15, -0.1) is 0 Å². The van der Waals surface area contributed by atoms with Crippen LogP contribution in [0.4, 0.5) is 0 Å². The summed E-state index contributed by atoms with van der Waals surface area (Å²) in [5.41, 5.74) is 4.23. The minimum Gasteiger partial charge on any atom is -0.495 e. The first-order valence-corrected chi connectivity index (χ1v) is 9.01. The Kier molecular flexibility index (Phi) is 4.90. The van der Waals surface area contributed by atoms with Crippen molar-refractivity contribution in [3.05, 3.63) is 76.3 Å². The Morgan fingerprint density at radius 3 is 2.55 bits per heavy atom. The predicted octanol–water partition coefficient (Wildman–Crippen LogP) is 3.03. The van der Waals surface area contributed by atoms with Gasteiger partial charge in [-0.3, -0.25) is 14.8 Å². The van der Waals surface area contributed by atoms with Crippen LogP contribution >= 0.6 is 0 Å². The van der Waals surface area contributed by atoms with Crippen molar-refractivity contribution in [3.63, 3.8) is 0 Å². The topological polar surface area (TPSA) is 95.9 Å². The second kappa shape index (κ2) is 7.67. The lowest BCUT2D eigenvalue weighted by atomic mass is 10.1. The van der Waals surface area contributed by atoms with Crippen LogP contribution < -0.4 is 10.3 Å². The standard InChI is InChI=1S/C21H19N5O3/c1-13-4-5-15(9-22-13)21-18(14(2)29-25-21)12-26-20(27)8-16(10-24-26)19-7-6-17(28-3)11-23-19/h4-11H,12H2,1-3H3. The van der Waals surface area contributed by atoms with E-state index in [0.29, 0.717) is 28.5 Å². The van der Waals surface area contributed by atoms with Gasteiger partial charge < -0.3 is 9.26 Å². The molecule has 0 aromatic carbocycles. The molecule has 0 spiro atoms. The van der Waals surface area contributed by atoms with Crippen LogP contribution in [-0.2, 0) is 6.54 Å². The quantitative estimate of drug-likeness (QED) is 0.518. The van der Waals surface area contributed by atoms with Gasteiger partial charge in [0.25, 0.3) is 5.56 Å². The van der Waals surface area contributed by atoms with Crippen LogP contribution in [0, 0.1) is 13.8 Å². The SMILES string of the molecule is COc1ccc(-c2cnn(Cc3c(-c4ccc(C)nc4)noc3C)c(=O)c2)nc1. The van der Waals surface area contributed by atoms with Crippen LogP contribution in [0.5, 0.6) is 5.75 Å². The number of aryl methyl sites for hydroxylation is 2. The average Bonchev–Trinajstić information content (AvgIpc) is 3.10. The Bertz CT molecular complexity index is 1190. The molecule has 0 amide bonds. The van der Waals surface area contributed by atoms with Crippen molar-refractivity contribution < 1.29 is 9.26 Å².